The van der Waals surface area contributed by atoms with Gasteiger partial charge < -0.3 is 10.1 Å². The van der Waals surface area contributed by atoms with Crippen LogP contribution in [-0.4, -0.2) is 35.8 Å². The van der Waals surface area contributed by atoms with Crippen LogP contribution in [0.15, 0.2) is 18.3 Å². The Morgan fingerprint density at radius 1 is 1.42 bits per heavy atom. The highest BCUT2D eigenvalue weighted by atomic mass is 35.5. The lowest BCUT2D eigenvalue weighted by molar-refractivity contribution is -0.142. The molecule has 19 heavy (non-hydrogen) atoms. The Morgan fingerprint density at radius 2 is 2.11 bits per heavy atom. The van der Waals surface area contributed by atoms with Crippen LogP contribution in [0.5, 0.6) is 0 Å². The van der Waals surface area contributed by atoms with Gasteiger partial charge in [-0.3, -0.25) is 14.4 Å². The van der Waals surface area contributed by atoms with Gasteiger partial charge in [0.1, 0.15) is 5.15 Å². The molecular formula is C12H13ClN2O4. The summed E-state index contributed by atoms with van der Waals surface area (Å²) in [5.74, 6) is -1.41. The van der Waals surface area contributed by atoms with Crippen LogP contribution >= 0.6 is 11.6 Å². The van der Waals surface area contributed by atoms with Gasteiger partial charge in [0.15, 0.2) is 5.78 Å². The van der Waals surface area contributed by atoms with Gasteiger partial charge in [0.2, 0.25) is 0 Å². The van der Waals surface area contributed by atoms with Crippen LogP contribution in [0.1, 0.15) is 23.7 Å². The Morgan fingerprint density at radius 3 is 2.58 bits per heavy atom. The number of methoxy groups -OCH3 is 1. The Kier molecular flexibility index (Phi) is 5.44. The molecule has 0 aliphatic carbocycles. The number of esters is 1. The van der Waals surface area contributed by atoms with Gasteiger partial charge >= 0.3 is 5.97 Å². The van der Waals surface area contributed by atoms with Crippen LogP contribution in [-0.2, 0) is 14.3 Å². The van der Waals surface area contributed by atoms with E-state index in [9.17, 15) is 14.4 Å². The second-order valence-electron chi connectivity index (χ2n) is 3.79. The number of hydrogen-bond acceptors (Lipinski definition) is 5. The Bertz CT molecular complexity index is 487. The van der Waals surface area contributed by atoms with Gasteiger partial charge in [0.25, 0.3) is 5.91 Å². The fourth-order valence-electron chi connectivity index (χ4n) is 1.30. The molecule has 0 bridgehead atoms. The minimum Gasteiger partial charge on any atom is -0.469 e. The first kappa shape index (κ1) is 15.1. The minimum atomic E-state index is -0.921. The number of halogens is 1. The molecule has 1 unspecified atom stereocenters. The normalized spacial score (nSPS) is 11.5. The lowest BCUT2D eigenvalue weighted by Crippen LogP contribution is -2.41. The predicted molar refractivity (Wildman–Crippen MR) is 67.8 cm³/mol. The van der Waals surface area contributed by atoms with Crippen molar-refractivity contribution in [2.24, 2.45) is 0 Å². The first-order valence-electron chi connectivity index (χ1n) is 5.43. The van der Waals surface area contributed by atoms with Gasteiger partial charge in [-0.1, -0.05) is 11.6 Å². The smallest absolute Gasteiger partial charge is 0.308 e. The van der Waals surface area contributed by atoms with Gasteiger partial charge in [0, 0.05) is 6.20 Å². The summed E-state index contributed by atoms with van der Waals surface area (Å²) in [4.78, 5) is 38.1. The molecule has 0 aliphatic heterocycles. The number of nitrogens with one attached hydrogen (secondary N) is 1. The standard InChI is InChI=1S/C12H13ClN2O4/c1-7(16)9(5-11(17)19-2)15-12(18)8-3-4-10(13)14-6-8/h3-4,6,9H,5H2,1-2H3,(H,15,18). The van der Waals surface area contributed by atoms with Crippen LogP contribution in [0.3, 0.4) is 0 Å². The largest absolute Gasteiger partial charge is 0.469 e. The number of rotatable bonds is 5. The molecule has 1 atom stereocenters. The summed E-state index contributed by atoms with van der Waals surface area (Å²) in [6, 6.07) is 2.01. The molecule has 0 aromatic carbocycles. The average molecular weight is 285 g/mol. The SMILES string of the molecule is COC(=O)CC(NC(=O)c1ccc(Cl)nc1)C(C)=O. The molecule has 1 rings (SSSR count). The summed E-state index contributed by atoms with van der Waals surface area (Å²) in [7, 11) is 1.21. The molecule has 0 radical (unpaired) electrons. The number of aromatic nitrogens is 1. The molecule has 7 heteroatoms. The first-order valence-corrected chi connectivity index (χ1v) is 5.81. The summed E-state index contributed by atoms with van der Waals surface area (Å²) in [5.41, 5.74) is 0.250. The lowest BCUT2D eigenvalue weighted by Gasteiger charge is -2.14. The van der Waals surface area contributed by atoms with Crippen LogP contribution in [0.25, 0.3) is 0 Å². The maximum atomic E-state index is 11.8. The average Bonchev–Trinajstić information content (AvgIpc) is 2.38. The molecule has 1 N–H and O–H groups in total. The van der Waals surface area contributed by atoms with E-state index in [1.807, 2.05) is 0 Å². The molecule has 0 saturated heterocycles. The van der Waals surface area contributed by atoms with Gasteiger partial charge in [0.05, 0.1) is 25.1 Å². The monoisotopic (exact) mass is 284 g/mol. The number of pyridine rings is 1. The third kappa shape index (κ3) is 4.67. The summed E-state index contributed by atoms with van der Waals surface area (Å²) in [6.45, 7) is 1.29. The summed E-state index contributed by atoms with van der Waals surface area (Å²) in [5, 5.41) is 2.70. The predicted octanol–water partition coefficient (Wildman–Crippen LogP) is 0.985. The molecule has 1 aromatic rings. The molecule has 0 fully saturated rings. The molecule has 0 aliphatic rings. The summed E-state index contributed by atoms with van der Waals surface area (Å²) in [6.07, 6.45) is 1.07. The Hall–Kier alpha value is -1.95. The van der Waals surface area contributed by atoms with Crippen LogP contribution in [0, 0.1) is 0 Å². The van der Waals surface area contributed by atoms with E-state index in [4.69, 9.17) is 11.6 Å². The van der Waals surface area contributed by atoms with Crippen molar-refractivity contribution in [3.8, 4) is 0 Å². The van der Waals surface area contributed by atoms with Crippen molar-refractivity contribution < 1.29 is 19.1 Å². The summed E-state index contributed by atoms with van der Waals surface area (Å²) < 4.78 is 4.46. The van der Waals surface area contributed by atoms with E-state index < -0.39 is 17.9 Å². The molecule has 1 heterocycles. The van der Waals surface area contributed by atoms with E-state index in [1.165, 1.54) is 32.4 Å². The van der Waals surface area contributed by atoms with E-state index in [0.717, 1.165) is 0 Å². The highest BCUT2D eigenvalue weighted by molar-refractivity contribution is 6.29. The maximum absolute atomic E-state index is 11.8. The fourth-order valence-corrected chi connectivity index (χ4v) is 1.41. The molecular weight excluding hydrogens is 272 g/mol. The number of carbonyl (C=O) groups excluding carboxylic acids is 3. The van der Waals surface area contributed by atoms with Crippen molar-refractivity contribution in [2.45, 2.75) is 19.4 Å². The van der Waals surface area contributed by atoms with Crippen LogP contribution in [0.2, 0.25) is 5.15 Å². The zero-order chi connectivity index (χ0) is 14.4. The fraction of sp³-hybridized carbons (Fsp3) is 0.333. The highest BCUT2D eigenvalue weighted by Crippen LogP contribution is 2.06. The topological polar surface area (TPSA) is 85.4 Å². The van der Waals surface area contributed by atoms with E-state index in [2.05, 4.69) is 15.0 Å². The molecule has 1 amide bonds. The Labute approximate surface area is 115 Å². The second kappa shape index (κ2) is 6.84. The quantitative estimate of drug-likeness (QED) is 0.644. The number of ketones is 1. The van der Waals surface area contributed by atoms with Crippen molar-refractivity contribution in [3.63, 3.8) is 0 Å². The van der Waals surface area contributed by atoms with Crippen molar-refractivity contribution >= 4 is 29.3 Å². The number of Topliss-reactive ketones (excluding diaryl/α,β-unsaturated/α-hetero) is 1. The van der Waals surface area contributed by atoms with Crippen molar-refractivity contribution in [3.05, 3.63) is 29.0 Å². The third-order valence-corrected chi connectivity index (χ3v) is 2.61. The van der Waals surface area contributed by atoms with Crippen molar-refractivity contribution in [1.29, 1.82) is 0 Å². The molecule has 1 aromatic heterocycles. The third-order valence-electron chi connectivity index (χ3n) is 2.38. The Balaban J connectivity index is 2.73. The van der Waals surface area contributed by atoms with E-state index >= 15 is 0 Å². The first-order chi connectivity index (χ1) is 8.93. The van der Waals surface area contributed by atoms with E-state index in [-0.39, 0.29) is 22.9 Å². The summed E-state index contributed by atoms with van der Waals surface area (Å²) >= 11 is 5.60. The van der Waals surface area contributed by atoms with Gasteiger partial charge in [-0.25, -0.2) is 4.98 Å². The maximum Gasteiger partial charge on any atom is 0.308 e. The van der Waals surface area contributed by atoms with Gasteiger partial charge in [-0.05, 0) is 19.1 Å². The molecule has 6 nitrogen and oxygen atoms in total. The zero-order valence-corrected chi connectivity index (χ0v) is 11.2. The van der Waals surface area contributed by atoms with E-state index in [0.29, 0.717) is 0 Å². The second-order valence-corrected chi connectivity index (χ2v) is 4.17. The van der Waals surface area contributed by atoms with Gasteiger partial charge in [-0.2, -0.15) is 0 Å². The van der Waals surface area contributed by atoms with Gasteiger partial charge in [-0.15, -0.1) is 0 Å². The molecule has 102 valence electrons. The number of hydrogen-bond donors (Lipinski definition) is 1. The molecule has 0 saturated carbocycles. The van der Waals surface area contributed by atoms with Crippen molar-refractivity contribution in [2.75, 3.05) is 7.11 Å². The number of nitrogens with zero attached hydrogens (tertiary/aromatic N) is 1. The van der Waals surface area contributed by atoms with E-state index in [1.54, 1.807) is 0 Å². The van der Waals surface area contributed by atoms with Crippen LogP contribution < -0.4 is 5.32 Å². The zero-order valence-electron chi connectivity index (χ0n) is 10.5. The van der Waals surface area contributed by atoms with Crippen molar-refractivity contribution in [1.82, 2.24) is 10.3 Å². The number of amides is 1. The highest BCUT2D eigenvalue weighted by Gasteiger charge is 2.21. The molecule has 0 spiro atoms. The number of carbonyl (C=O) groups is 3. The number of ether oxygens (including phenoxy) is 1. The van der Waals surface area contributed by atoms with Crippen LogP contribution in [0.4, 0.5) is 0 Å². The minimum absolute atomic E-state index is 0.210. The lowest BCUT2D eigenvalue weighted by atomic mass is 10.1.